The summed E-state index contributed by atoms with van der Waals surface area (Å²) in [6.45, 7) is 4.29. The van der Waals surface area contributed by atoms with Gasteiger partial charge in [-0.3, -0.25) is 0 Å². The maximum atomic E-state index is 3.14. The van der Waals surface area contributed by atoms with Gasteiger partial charge in [-0.1, -0.05) is 24.3 Å². The predicted octanol–water partition coefficient (Wildman–Crippen LogP) is -0.0634. The smallest absolute Gasteiger partial charge is 0.0723 e. The Morgan fingerprint density at radius 2 is 0.962 bits per heavy atom. The van der Waals surface area contributed by atoms with Gasteiger partial charge in [0.2, 0.25) is 0 Å². The number of rotatable bonds is 0. The molecule has 0 unspecified atom stereocenters. The predicted molar refractivity (Wildman–Crippen MR) is 100 cm³/mol. The average Bonchev–Trinajstić information content (AvgIpc) is 3.05. The van der Waals surface area contributed by atoms with Gasteiger partial charge in [-0.15, -0.1) is 59.7 Å². The van der Waals surface area contributed by atoms with Gasteiger partial charge in [-0.05, 0) is 0 Å². The van der Waals surface area contributed by atoms with Gasteiger partial charge in [-0.2, -0.15) is 35.4 Å². The van der Waals surface area contributed by atoms with E-state index in [9.17, 15) is 0 Å². The fourth-order valence-electron chi connectivity index (χ4n) is 2.12. The molecule has 0 saturated heterocycles. The van der Waals surface area contributed by atoms with E-state index < -0.39 is 0 Å². The summed E-state index contributed by atoms with van der Waals surface area (Å²) in [6, 6.07) is 34.8. The first-order valence-corrected chi connectivity index (χ1v) is 9.69. The molecule has 0 heterocycles. The quantitative estimate of drug-likeness (QED) is 0.215. The van der Waals surface area contributed by atoms with E-state index in [-0.39, 0.29) is 24.8 Å². The van der Waals surface area contributed by atoms with Gasteiger partial charge in [-0.25, -0.2) is 0 Å². The molecule has 3 heteroatoms. The molecule has 0 nitrogen and oxygen atoms in total. The molecular formula is C23H20Cl2Hf-2. The molecule has 0 aliphatic heterocycles. The molecule has 26 heavy (non-hydrogen) atoms. The Balaban J connectivity index is 0.000000378. The Hall–Kier alpha value is -1.28. The molecule has 0 N–H and O–H groups in total. The molecule has 0 radical (unpaired) electrons. The van der Waals surface area contributed by atoms with E-state index in [0.29, 0.717) is 0 Å². The van der Waals surface area contributed by atoms with E-state index in [1.807, 2.05) is 48.5 Å². The molecule has 0 amide bonds. The van der Waals surface area contributed by atoms with Crippen LogP contribution in [0.15, 0.2) is 84.9 Å². The summed E-state index contributed by atoms with van der Waals surface area (Å²) in [6.07, 6.45) is 0. The van der Waals surface area contributed by atoms with Gasteiger partial charge in [0.1, 0.15) is 0 Å². The van der Waals surface area contributed by atoms with Crippen LogP contribution in [0.4, 0.5) is 0 Å². The summed E-state index contributed by atoms with van der Waals surface area (Å²) in [5.74, 6) is 0. The van der Waals surface area contributed by atoms with Gasteiger partial charge in [0, 0.05) is 0 Å². The topological polar surface area (TPSA) is 0 Å². The fraction of sp³-hybridized carbons (Fsp3) is 0.0870. The van der Waals surface area contributed by atoms with E-state index in [1.165, 1.54) is 46.1 Å². The number of fused-ring (bicyclic) bond motifs is 2. The van der Waals surface area contributed by atoms with E-state index in [2.05, 4.69) is 62.4 Å². The molecular weight excluding hydrogens is 526 g/mol. The van der Waals surface area contributed by atoms with Crippen LogP contribution in [0.2, 0.25) is 0 Å². The minimum atomic E-state index is 0. The molecule has 0 fully saturated rings. The molecule has 0 aromatic rings. The van der Waals surface area contributed by atoms with Gasteiger partial charge in [0.25, 0.3) is 0 Å². The van der Waals surface area contributed by atoms with Crippen molar-refractivity contribution in [3.63, 3.8) is 0 Å². The van der Waals surface area contributed by atoms with Crippen molar-refractivity contribution < 1.29 is 48.7 Å². The van der Waals surface area contributed by atoms with E-state index in [1.54, 1.807) is 3.26 Å². The van der Waals surface area contributed by atoms with Crippen molar-refractivity contribution in [1.29, 1.82) is 0 Å². The molecule has 0 aromatic carbocycles. The van der Waals surface area contributed by atoms with Crippen molar-refractivity contribution in [2.75, 3.05) is 0 Å². The van der Waals surface area contributed by atoms with Gasteiger partial charge >= 0.3 is 41.0 Å². The summed E-state index contributed by atoms with van der Waals surface area (Å²) in [5.41, 5.74) is 4.88. The second-order valence-electron chi connectivity index (χ2n) is 5.51. The zero-order valence-corrected chi connectivity index (χ0v) is 19.9. The normalized spacial score (nSPS) is 8.77. The molecule has 0 atom stereocenters. The summed E-state index contributed by atoms with van der Waals surface area (Å²) in [5, 5.41) is 0. The van der Waals surface area contributed by atoms with Gasteiger partial charge in [0.05, 0.1) is 0 Å². The Morgan fingerprint density at radius 3 is 1.35 bits per heavy atom. The molecule has 0 bridgehead atoms. The Kier molecular flexibility index (Phi) is 13.2. The summed E-state index contributed by atoms with van der Waals surface area (Å²) in [7, 11) is 0. The average molecular weight is 546 g/mol. The molecule has 4 rings (SSSR count). The van der Waals surface area contributed by atoms with E-state index in [0.717, 1.165) is 0 Å². The van der Waals surface area contributed by atoms with Crippen LogP contribution in [-0.2, 0) is 23.9 Å². The molecule has 0 aromatic heterocycles. The SMILES string of the molecule is C[C](C)=[Hf+2].[Cl-].[Cl-].[c-]1ccc2cccccc1-2.[c-]1ccc2cccccc1-2. The van der Waals surface area contributed by atoms with E-state index in [4.69, 9.17) is 0 Å². The number of halogens is 2. The van der Waals surface area contributed by atoms with Crippen LogP contribution in [0.3, 0.4) is 0 Å². The zero-order chi connectivity index (χ0) is 17.2. The molecule has 132 valence electrons. The maximum Gasteiger partial charge on any atom is -0.0723 e. The monoisotopic (exact) mass is 546 g/mol. The van der Waals surface area contributed by atoms with Crippen LogP contribution in [0.5, 0.6) is 0 Å². The number of hydrogen-bond acceptors (Lipinski definition) is 0. The Bertz CT molecular complexity index is 705. The largest absolute Gasteiger partial charge is 1.00 e. The molecule has 0 saturated carbocycles. The van der Waals surface area contributed by atoms with Crippen molar-refractivity contribution in [2.24, 2.45) is 0 Å². The fourth-order valence-corrected chi connectivity index (χ4v) is 2.12. The third-order valence-electron chi connectivity index (χ3n) is 3.15. The van der Waals surface area contributed by atoms with Crippen LogP contribution < -0.4 is 24.8 Å². The van der Waals surface area contributed by atoms with Crippen LogP contribution in [0.25, 0.3) is 22.3 Å². The second-order valence-corrected chi connectivity index (χ2v) is 9.11. The Morgan fingerprint density at radius 1 is 0.615 bits per heavy atom. The molecule has 0 spiro atoms. The van der Waals surface area contributed by atoms with Crippen molar-refractivity contribution in [2.45, 2.75) is 13.8 Å². The van der Waals surface area contributed by atoms with E-state index >= 15 is 0 Å². The molecule has 4 aliphatic rings. The van der Waals surface area contributed by atoms with Gasteiger partial charge in [0.15, 0.2) is 0 Å². The van der Waals surface area contributed by atoms with Crippen LogP contribution >= 0.6 is 0 Å². The molecule has 4 aliphatic carbocycles. The maximum absolute atomic E-state index is 3.14. The minimum Gasteiger partial charge on any atom is -1.00 e. The summed E-state index contributed by atoms with van der Waals surface area (Å²) < 4.78 is 1.56. The van der Waals surface area contributed by atoms with Crippen molar-refractivity contribution in [3.8, 4) is 22.3 Å². The zero-order valence-electron chi connectivity index (χ0n) is 14.8. The third-order valence-corrected chi connectivity index (χ3v) is 3.15. The first-order chi connectivity index (χ1) is 11.7. The standard InChI is InChI=1S/2C10H7.C3H6.2ClH.Hf/c2*1-2-5-9-7-4-8-10(9)6-3-1;1-3-2;;;/h2*1-7H;1-2H3;2*1H;/q2*-1;;;;+2/p-2. The third kappa shape index (κ3) is 8.89. The van der Waals surface area contributed by atoms with Crippen molar-refractivity contribution in [1.82, 2.24) is 0 Å². The summed E-state index contributed by atoms with van der Waals surface area (Å²) >= 11 is 1.27. The Labute approximate surface area is 184 Å². The van der Waals surface area contributed by atoms with Crippen molar-refractivity contribution in [3.05, 3.63) is 97.1 Å². The second kappa shape index (κ2) is 13.9. The summed E-state index contributed by atoms with van der Waals surface area (Å²) in [4.78, 5) is 0. The van der Waals surface area contributed by atoms with Gasteiger partial charge < -0.3 is 24.8 Å². The van der Waals surface area contributed by atoms with Crippen LogP contribution in [0.1, 0.15) is 13.8 Å². The first-order valence-electron chi connectivity index (χ1n) is 7.89. The van der Waals surface area contributed by atoms with Crippen LogP contribution in [-0.4, -0.2) is 3.26 Å². The first kappa shape index (κ1) is 24.7. The van der Waals surface area contributed by atoms with Crippen LogP contribution in [0, 0.1) is 12.1 Å². The number of hydrogen-bond donors (Lipinski definition) is 0. The van der Waals surface area contributed by atoms with Crippen molar-refractivity contribution >= 4 is 3.26 Å². The minimum absolute atomic E-state index is 0.